The van der Waals surface area contributed by atoms with Crippen LogP contribution >= 0.6 is 0 Å². The average Bonchev–Trinajstić information content (AvgIpc) is 2.29. The van der Waals surface area contributed by atoms with Gasteiger partial charge in [0.25, 0.3) is 0 Å². The van der Waals surface area contributed by atoms with Gasteiger partial charge in [0, 0.05) is 31.3 Å². The van der Waals surface area contributed by atoms with Crippen molar-refractivity contribution in [2.75, 3.05) is 18.4 Å². The summed E-state index contributed by atoms with van der Waals surface area (Å²) in [4.78, 5) is 25.5. The molecule has 7 nitrogen and oxygen atoms in total. The first-order chi connectivity index (χ1) is 8.54. The van der Waals surface area contributed by atoms with Crippen LogP contribution in [0.3, 0.4) is 0 Å². The van der Waals surface area contributed by atoms with Crippen LogP contribution in [0.4, 0.5) is 11.5 Å². The van der Waals surface area contributed by atoms with Gasteiger partial charge in [0.2, 0.25) is 11.7 Å². The molecule has 2 N–H and O–H groups in total. The Bertz CT molecular complexity index is 448. The lowest BCUT2D eigenvalue weighted by Gasteiger charge is -2.06. The van der Waals surface area contributed by atoms with Gasteiger partial charge < -0.3 is 10.6 Å². The fourth-order valence-corrected chi connectivity index (χ4v) is 1.41. The molecule has 0 aromatic carbocycles. The summed E-state index contributed by atoms with van der Waals surface area (Å²) in [5, 5.41) is 16.2. The van der Waals surface area contributed by atoms with Gasteiger partial charge in [-0.15, -0.1) is 0 Å². The fraction of sp³-hybridized carbons (Fsp3) is 0.455. The molecule has 1 aromatic heterocycles. The molecule has 1 amide bonds. The van der Waals surface area contributed by atoms with Gasteiger partial charge in [0.15, 0.2) is 0 Å². The Morgan fingerprint density at radius 1 is 1.50 bits per heavy atom. The third kappa shape index (κ3) is 4.00. The first-order valence-corrected chi connectivity index (χ1v) is 5.67. The van der Waals surface area contributed by atoms with E-state index in [-0.39, 0.29) is 23.8 Å². The van der Waals surface area contributed by atoms with E-state index in [1.165, 1.54) is 6.07 Å². The quantitative estimate of drug-likeness (QED) is 0.586. The maximum absolute atomic E-state index is 11.2. The maximum atomic E-state index is 11.2. The molecular weight excluding hydrogens is 236 g/mol. The second-order valence-electron chi connectivity index (χ2n) is 3.71. The molecule has 1 heterocycles. The number of nitro groups is 1. The van der Waals surface area contributed by atoms with E-state index >= 15 is 0 Å². The predicted octanol–water partition coefficient (Wildman–Crippen LogP) is 1.24. The summed E-state index contributed by atoms with van der Waals surface area (Å²) in [6.45, 7) is 4.46. The van der Waals surface area contributed by atoms with Crippen LogP contribution in [-0.4, -0.2) is 28.9 Å². The van der Waals surface area contributed by atoms with Gasteiger partial charge in [0.05, 0.1) is 4.92 Å². The second kappa shape index (κ2) is 6.53. The number of hydrogen-bond donors (Lipinski definition) is 2. The van der Waals surface area contributed by atoms with Crippen molar-refractivity contribution in [3.05, 3.63) is 27.9 Å². The molecule has 0 bridgehead atoms. The molecule has 0 spiro atoms. The highest BCUT2D eigenvalue weighted by Crippen LogP contribution is 2.21. The highest BCUT2D eigenvalue weighted by atomic mass is 16.6. The molecule has 0 aliphatic heterocycles. The number of nitrogens with zero attached hydrogens (tertiary/aromatic N) is 2. The Hall–Kier alpha value is -2.18. The monoisotopic (exact) mass is 252 g/mol. The molecule has 0 aliphatic rings. The molecule has 1 aromatic rings. The van der Waals surface area contributed by atoms with Gasteiger partial charge in [-0.1, -0.05) is 0 Å². The van der Waals surface area contributed by atoms with E-state index in [1.54, 1.807) is 13.0 Å². The molecule has 98 valence electrons. The van der Waals surface area contributed by atoms with Crippen molar-refractivity contribution < 1.29 is 9.72 Å². The number of rotatable bonds is 6. The Morgan fingerprint density at radius 2 is 2.22 bits per heavy atom. The number of hydrogen-bond acceptors (Lipinski definition) is 5. The van der Waals surface area contributed by atoms with Crippen molar-refractivity contribution in [3.63, 3.8) is 0 Å². The van der Waals surface area contributed by atoms with Crippen molar-refractivity contribution >= 4 is 17.4 Å². The fourth-order valence-electron chi connectivity index (χ4n) is 1.41. The normalized spacial score (nSPS) is 9.89. The number of anilines is 1. The zero-order valence-corrected chi connectivity index (χ0v) is 10.4. The van der Waals surface area contributed by atoms with E-state index in [2.05, 4.69) is 15.6 Å². The Kier molecular flexibility index (Phi) is 5.04. The minimum absolute atomic E-state index is 0.0866. The van der Waals surface area contributed by atoms with Crippen LogP contribution in [0.2, 0.25) is 0 Å². The lowest BCUT2D eigenvalue weighted by Crippen LogP contribution is -2.25. The molecule has 0 saturated heterocycles. The van der Waals surface area contributed by atoms with Crippen LogP contribution < -0.4 is 10.6 Å². The summed E-state index contributed by atoms with van der Waals surface area (Å²) in [6, 6.07) is 2.98. The van der Waals surface area contributed by atoms with E-state index < -0.39 is 4.92 Å². The summed E-state index contributed by atoms with van der Waals surface area (Å²) >= 11 is 0. The first kappa shape index (κ1) is 13.9. The van der Waals surface area contributed by atoms with E-state index in [4.69, 9.17) is 0 Å². The lowest BCUT2D eigenvalue weighted by molar-refractivity contribution is -0.384. The van der Waals surface area contributed by atoms with Gasteiger partial charge in [-0.2, -0.15) is 0 Å². The molecular formula is C11H16N4O3. The van der Waals surface area contributed by atoms with E-state index in [9.17, 15) is 14.9 Å². The Labute approximate surface area is 105 Å². The number of nitrogens with one attached hydrogen (secondary N) is 2. The molecule has 0 radical (unpaired) electrons. The molecule has 0 atom stereocenters. The number of aromatic nitrogens is 1. The van der Waals surface area contributed by atoms with Crippen LogP contribution in [0.1, 0.15) is 19.0 Å². The summed E-state index contributed by atoms with van der Waals surface area (Å²) in [6.07, 6.45) is 0.251. The van der Waals surface area contributed by atoms with Crippen molar-refractivity contribution in [3.8, 4) is 0 Å². The second-order valence-corrected chi connectivity index (χ2v) is 3.71. The Morgan fingerprint density at radius 3 is 2.83 bits per heavy atom. The smallest absolute Gasteiger partial charge is 0.311 e. The minimum Gasteiger partial charge on any atom is -0.364 e. The number of pyridine rings is 1. The van der Waals surface area contributed by atoms with Gasteiger partial charge in [0.1, 0.15) is 0 Å². The van der Waals surface area contributed by atoms with E-state index in [0.717, 1.165) is 0 Å². The van der Waals surface area contributed by atoms with E-state index in [1.807, 2.05) is 6.92 Å². The van der Waals surface area contributed by atoms with E-state index in [0.29, 0.717) is 18.8 Å². The summed E-state index contributed by atoms with van der Waals surface area (Å²) in [7, 11) is 0. The van der Waals surface area contributed by atoms with Crippen LogP contribution in [-0.2, 0) is 4.79 Å². The number of carbonyl (C=O) groups excluding carboxylic acids is 1. The highest BCUT2D eigenvalue weighted by molar-refractivity contribution is 5.76. The van der Waals surface area contributed by atoms with Crippen LogP contribution in [0.25, 0.3) is 0 Å². The topological polar surface area (TPSA) is 97.2 Å². The van der Waals surface area contributed by atoms with Crippen LogP contribution in [0.5, 0.6) is 0 Å². The molecule has 1 rings (SSSR count). The number of aryl methyl sites for hydroxylation is 1. The first-order valence-electron chi connectivity index (χ1n) is 5.67. The SMILES string of the molecule is CCNC(=O)CCNc1nc(C)ccc1[N+](=O)[O-]. The van der Waals surface area contributed by atoms with Crippen LogP contribution in [0, 0.1) is 17.0 Å². The number of amides is 1. The van der Waals surface area contributed by atoms with Gasteiger partial charge >= 0.3 is 5.69 Å². The summed E-state index contributed by atoms with van der Waals surface area (Å²) in [5.74, 6) is 0.101. The third-order valence-electron chi connectivity index (χ3n) is 2.23. The minimum atomic E-state index is -0.499. The van der Waals surface area contributed by atoms with Crippen molar-refractivity contribution in [2.24, 2.45) is 0 Å². The van der Waals surface area contributed by atoms with Crippen molar-refractivity contribution in [1.29, 1.82) is 0 Å². The maximum Gasteiger partial charge on any atom is 0.311 e. The standard InChI is InChI=1S/C11H16N4O3/c1-3-12-10(16)6-7-13-11-9(15(17)18)5-4-8(2)14-11/h4-5H,3,6-7H2,1-2H3,(H,12,16)(H,13,14). The summed E-state index contributed by atoms with van der Waals surface area (Å²) < 4.78 is 0. The Balaban J connectivity index is 2.63. The predicted molar refractivity (Wildman–Crippen MR) is 67.4 cm³/mol. The van der Waals surface area contributed by atoms with Gasteiger partial charge in [-0.3, -0.25) is 14.9 Å². The summed E-state index contributed by atoms with van der Waals surface area (Å²) in [5.41, 5.74) is 0.595. The van der Waals surface area contributed by atoms with Crippen molar-refractivity contribution in [2.45, 2.75) is 20.3 Å². The molecule has 0 fully saturated rings. The largest absolute Gasteiger partial charge is 0.364 e. The number of carbonyl (C=O) groups is 1. The van der Waals surface area contributed by atoms with Crippen molar-refractivity contribution in [1.82, 2.24) is 10.3 Å². The third-order valence-corrected chi connectivity index (χ3v) is 2.23. The van der Waals surface area contributed by atoms with Crippen LogP contribution in [0.15, 0.2) is 12.1 Å². The molecule has 7 heteroatoms. The average molecular weight is 252 g/mol. The zero-order valence-electron chi connectivity index (χ0n) is 10.4. The molecule has 0 aliphatic carbocycles. The lowest BCUT2D eigenvalue weighted by atomic mass is 10.3. The molecule has 0 unspecified atom stereocenters. The van der Waals surface area contributed by atoms with Gasteiger partial charge in [-0.05, 0) is 19.9 Å². The van der Waals surface area contributed by atoms with Gasteiger partial charge in [-0.25, -0.2) is 4.98 Å². The zero-order chi connectivity index (χ0) is 13.5. The highest BCUT2D eigenvalue weighted by Gasteiger charge is 2.14. The molecule has 18 heavy (non-hydrogen) atoms. The molecule has 0 saturated carbocycles.